The zero-order chi connectivity index (χ0) is 14.0. The summed E-state index contributed by atoms with van der Waals surface area (Å²) < 4.78 is 1.74. The Kier molecular flexibility index (Phi) is 3.99. The van der Waals surface area contributed by atoms with Gasteiger partial charge in [-0.25, -0.2) is 4.98 Å². The van der Waals surface area contributed by atoms with Crippen molar-refractivity contribution >= 4 is 22.4 Å². The Hall–Kier alpha value is -1.69. The number of amides is 1. The molecule has 1 N–H and O–H groups in total. The molecule has 0 aliphatic carbocycles. The number of aromatic nitrogens is 3. The van der Waals surface area contributed by atoms with Gasteiger partial charge in [0.1, 0.15) is 6.04 Å². The molecule has 6 heteroatoms. The van der Waals surface area contributed by atoms with E-state index in [2.05, 4.69) is 15.4 Å². The van der Waals surface area contributed by atoms with Gasteiger partial charge >= 0.3 is 0 Å². The number of hydrogen-bond donors (Lipinski definition) is 1. The van der Waals surface area contributed by atoms with E-state index in [-0.39, 0.29) is 11.9 Å². The molecule has 0 aromatic carbocycles. The van der Waals surface area contributed by atoms with Gasteiger partial charge in [-0.15, -0.1) is 11.3 Å². The van der Waals surface area contributed by atoms with Crippen LogP contribution in [0.1, 0.15) is 37.0 Å². The molecule has 0 radical (unpaired) electrons. The highest BCUT2D eigenvalue weighted by Gasteiger charge is 2.18. The number of rotatable bonds is 4. The minimum Gasteiger partial charge on any atom is -0.300 e. The molecule has 0 fully saturated rings. The number of aryl methyl sites for hydroxylation is 3. The Balaban J connectivity index is 2.09. The lowest BCUT2D eigenvalue weighted by atomic mass is 10.3. The summed E-state index contributed by atoms with van der Waals surface area (Å²) in [5.41, 5.74) is 2.90. The van der Waals surface area contributed by atoms with Crippen molar-refractivity contribution in [2.24, 2.45) is 0 Å². The van der Waals surface area contributed by atoms with Crippen LogP contribution in [0.2, 0.25) is 0 Å². The number of hydrogen-bond acceptors (Lipinski definition) is 4. The lowest BCUT2D eigenvalue weighted by Gasteiger charge is -2.13. The first kappa shape index (κ1) is 13.7. The summed E-state index contributed by atoms with van der Waals surface area (Å²) in [4.78, 5) is 16.5. The average Bonchev–Trinajstić information content (AvgIpc) is 2.94. The highest BCUT2D eigenvalue weighted by atomic mass is 32.1. The van der Waals surface area contributed by atoms with Gasteiger partial charge in [0.25, 0.3) is 5.91 Å². The standard InChI is InChI=1S/C13H18N4OS/c1-5-11-7-19-13(14-11)15-12(18)10(4)17-9(3)6-8(2)16-17/h6-7,10H,5H2,1-4H3,(H,14,15,18)/t10-/m1/s1. The third-order valence-electron chi connectivity index (χ3n) is 2.94. The molecular weight excluding hydrogens is 260 g/mol. The van der Waals surface area contributed by atoms with Gasteiger partial charge in [0.05, 0.1) is 11.4 Å². The topological polar surface area (TPSA) is 59.8 Å². The molecule has 0 saturated carbocycles. The van der Waals surface area contributed by atoms with E-state index in [9.17, 15) is 4.79 Å². The number of carbonyl (C=O) groups is 1. The molecule has 0 saturated heterocycles. The number of nitrogens with one attached hydrogen (secondary N) is 1. The van der Waals surface area contributed by atoms with Crippen LogP contribution in [0.3, 0.4) is 0 Å². The highest BCUT2D eigenvalue weighted by molar-refractivity contribution is 7.13. The summed E-state index contributed by atoms with van der Waals surface area (Å²) in [6.07, 6.45) is 0.874. The second-order valence-electron chi connectivity index (χ2n) is 4.53. The Morgan fingerprint density at radius 1 is 1.53 bits per heavy atom. The molecule has 0 bridgehead atoms. The van der Waals surface area contributed by atoms with E-state index < -0.39 is 0 Å². The van der Waals surface area contributed by atoms with Crippen LogP contribution in [0.4, 0.5) is 5.13 Å². The quantitative estimate of drug-likeness (QED) is 0.935. The highest BCUT2D eigenvalue weighted by Crippen LogP contribution is 2.18. The van der Waals surface area contributed by atoms with Gasteiger partial charge in [-0.1, -0.05) is 6.92 Å². The zero-order valence-electron chi connectivity index (χ0n) is 11.6. The molecule has 0 aliphatic rings. The van der Waals surface area contributed by atoms with Crippen LogP contribution in [-0.4, -0.2) is 20.7 Å². The maximum Gasteiger partial charge on any atom is 0.250 e. The SMILES string of the molecule is CCc1csc(NC(=O)[C@@H](C)n2nc(C)cc2C)n1. The second-order valence-corrected chi connectivity index (χ2v) is 5.39. The molecule has 1 atom stereocenters. The Morgan fingerprint density at radius 2 is 2.26 bits per heavy atom. The summed E-state index contributed by atoms with van der Waals surface area (Å²) in [6, 6.07) is 1.62. The fraction of sp³-hybridized carbons (Fsp3) is 0.462. The molecule has 0 spiro atoms. The average molecular weight is 278 g/mol. The molecule has 1 amide bonds. The van der Waals surface area contributed by atoms with Crippen LogP contribution in [0.25, 0.3) is 0 Å². The van der Waals surface area contributed by atoms with E-state index in [4.69, 9.17) is 0 Å². The molecule has 2 aromatic heterocycles. The summed E-state index contributed by atoms with van der Waals surface area (Å²) in [5, 5.41) is 9.78. The summed E-state index contributed by atoms with van der Waals surface area (Å²) in [5.74, 6) is -0.0943. The molecule has 2 aromatic rings. The van der Waals surface area contributed by atoms with Crippen molar-refractivity contribution in [1.29, 1.82) is 0 Å². The Bertz CT molecular complexity index is 587. The number of carbonyl (C=O) groups excluding carboxylic acids is 1. The first-order chi connectivity index (χ1) is 9.01. The molecule has 2 heterocycles. The predicted molar refractivity (Wildman–Crippen MR) is 76.5 cm³/mol. The summed E-state index contributed by atoms with van der Waals surface area (Å²) in [6.45, 7) is 7.74. The molecule has 19 heavy (non-hydrogen) atoms. The van der Waals surface area contributed by atoms with E-state index in [1.807, 2.05) is 39.1 Å². The van der Waals surface area contributed by atoms with Crippen molar-refractivity contribution < 1.29 is 4.79 Å². The second kappa shape index (κ2) is 5.52. The lowest BCUT2D eigenvalue weighted by molar-refractivity contribution is -0.119. The van der Waals surface area contributed by atoms with E-state index >= 15 is 0 Å². The van der Waals surface area contributed by atoms with Gasteiger partial charge in [0.15, 0.2) is 5.13 Å². The molecular formula is C13H18N4OS. The predicted octanol–water partition coefficient (Wildman–Crippen LogP) is 2.72. The number of thiazole rings is 1. The monoisotopic (exact) mass is 278 g/mol. The third-order valence-corrected chi connectivity index (χ3v) is 3.74. The van der Waals surface area contributed by atoms with Crippen molar-refractivity contribution in [3.63, 3.8) is 0 Å². The number of nitrogens with zero attached hydrogens (tertiary/aromatic N) is 3. The van der Waals surface area contributed by atoms with Crippen molar-refractivity contribution in [2.75, 3.05) is 5.32 Å². The molecule has 0 aliphatic heterocycles. The third kappa shape index (κ3) is 3.01. The minimum absolute atomic E-state index is 0.0943. The van der Waals surface area contributed by atoms with Crippen LogP contribution in [0.5, 0.6) is 0 Å². The largest absolute Gasteiger partial charge is 0.300 e. The van der Waals surface area contributed by atoms with Crippen molar-refractivity contribution in [3.05, 3.63) is 28.5 Å². The van der Waals surface area contributed by atoms with Gasteiger partial charge in [0, 0.05) is 11.1 Å². The van der Waals surface area contributed by atoms with Crippen LogP contribution in [-0.2, 0) is 11.2 Å². The molecule has 5 nitrogen and oxygen atoms in total. The smallest absolute Gasteiger partial charge is 0.250 e. The fourth-order valence-corrected chi connectivity index (χ4v) is 2.68. The van der Waals surface area contributed by atoms with Crippen LogP contribution >= 0.6 is 11.3 Å². The zero-order valence-corrected chi connectivity index (χ0v) is 12.4. The van der Waals surface area contributed by atoms with Crippen LogP contribution in [0, 0.1) is 13.8 Å². The molecule has 0 unspecified atom stereocenters. The van der Waals surface area contributed by atoms with Crippen molar-refractivity contribution in [3.8, 4) is 0 Å². The van der Waals surface area contributed by atoms with Crippen molar-refractivity contribution in [2.45, 2.75) is 40.2 Å². The van der Waals surface area contributed by atoms with Gasteiger partial charge in [-0.2, -0.15) is 5.10 Å². The van der Waals surface area contributed by atoms with E-state index in [1.165, 1.54) is 11.3 Å². The van der Waals surface area contributed by atoms with Crippen molar-refractivity contribution in [1.82, 2.24) is 14.8 Å². The maximum absolute atomic E-state index is 12.2. The van der Waals surface area contributed by atoms with E-state index in [0.717, 1.165) is 23.5 Å². The first-order valence-corrected chi connectivity index (χ1v) is 7.17. The Morgan fingerprint density at radius 3 is 2.79 bits per heavy atom. The lowest BCUT2D eigenvalue weighted by Crippen LogP contribution is -2.25. The van der Waals surface area contributed by atoms with Crippen LogP contribution < -0.4 is 5.32 Å². The minimum atomic E-state index is -0.345. The summed E-state index contributed by atoms with van der Waals surface area (Å²) in [7, 11) is 0. The number of anilines is 1. The fourth-order valence-electron chi connectivity index (χ4n) is 1.89. The molecule has 102 valence electrons. The van der Waals surface area contributed by atoms with E-state index in [1.54, 1.807) is 4.68 Å². The van der Waals surface area contributed by atoms with Gasteiger partial charge in [-0.3, -0.25) is 9.48 Å². The summed E-state index contributed by atoms with van der Waals surface area (Å²) >= 11 is 1.45. The van der Waals surface area contributed by atoms with Crippen LogP contribution in [0.15, 0.2) is 11.4 Å². The normalized spacial score (nSPS) is 12.4. The first-order valence-electron chi connectivity index (χ1n) is 6.29. The van der Waals surface area contributed by atoms with Gasteiger partial charge < -0.3 is 5.32 Å². The maximum atomic E-state index is 12.2. The van der Waals surface area contributed by atoms with Gasteiger partial charge in [-0.05, 0) is 33.3 Å². The Labute approximate surface area is 116 Å². The van der Waals surface area contributed by atoms with Gasteiger partial charge in [0.2, 0.25) is 0 Å². The van der Waals surface area contributed by atoms with E-state index in [0.29, 0.717) is 5.13 Å². The molecule has 2 rings (SSSR count).